The number of esters is 1. The van der Waals surface area contributed by atoms with Crippen molar-refractivity contribution in [2.45, 2.75) is 26.1 Å². The number of hydrogen-bond donors (Lipinski definition) is 1. The molecular formula is C17H21FN2O5. The van der Waals surface area contributed by atoms with Crippen LogP contribution in [0, 0.1) is 5.82 Å². The van der Waals surface area contributed by atoms with Crippen LogP contribution < -0.4 is 5.32 Å². The van der Waals surface area contributed by atoms with Crippen LogP contribution in [-0.4, -0.2) is 61.1 Å². The lowest BCUT2D eigenvalue weighted by Gasteiger charge is -2.35. The Bertz CT molecular complexity index is 642. The largest absolute Gasteiger partial charge is 0.454 e. The molecule has 1 aliphatic rings. The summed E-state index contributed by atoms with van der Waals surface area (Å²) in [5.74, 6) is -2.50. The summed E-state index contributed by atoms with van der Waals surface area (Å²) in [7, 11) is 0. The van der Waals surface area contributed by atoms with Gasteiger partial charge in [0.2, 0.25) is 0 Å². The van der Waals surface area contributed by atoms with Crippen LogP contribution >= 0.6 is 0 Å². The van der Waals surface area contributed by atoms with Crippen molar-refractivity contribution in [3.8, 4) is 0 Å². The van der Waals surface area contributed by atoms with Crippen LogP contribution in [0.15, 0.2) is 24.3 Å². The quantitative estimate of drug-likeness (QED) is 0.790. The van der Waals surface area contributed by atoms with Gasteiger partial charge < -0.3 is 19.7 Å². The minimum atomic E-state index is -0.771. The molecule has 1 N–H and O–H groups in total. The summed E-state index contributed by atoms with van der Waals surface area (Å²) >= 11 is 0. The van der Waals surface area contributed by atoms with Gasteiger partial charge in [-0.1, -0.05) is 12.1 Å². The third-order valence-electron chi connectivity index (χ3n) is 3.64. The molecule has 1 saturated heterocycles. The molecule has 136 valence electrons. The zero-order valence-electron chi connectivity index (χ0n) is 14.2. The predicted octanol–water partition coefficient (Wildman–Crippen LogP) is 0.735. The van der Waals surface area contributed by atoms with E-state index in [2.05, 4.69) is 5.32 Å². The van der Waals surface area contributed by atoms with Gasteiger partial charge in [-0.05, 0) is 26.0 Å². The molecule has 2 rings (SSSR count). The van der Waals surface area contributed by atoms with Crippen LogP contribution in [0.2, 0.25) is 0 Å². The zero-order valence-corrected chi connectivity index (χ0v) is 14.2. The van der Waals surface area contributed by atoms with Crippen molar-refractivity contribution in [1.29, 1.82) is 0 Å². The summed E-state index contributed by atoms with van der Waals surface area (Å²) in [6, 6.07) is 5.43. The van der Waals surface area contributed by atoms with E-state index < -0.39 is 30.8 Å². The first-order valence-electron chi connectivity index (χ1n) is 7.98. The molecule has 1 heterocycles. The second kappa shape index (κ2) is 8.57. The molecule has 1 aromatic carbocycles. The normalized spacial score (nSPS) is 20.0. The number of morpholine rings is 1. The monoisotopic (exact) mass is 352 g/mol. The van der Waals surface area contributed by atoms with Gasteiger partial charge in [0, 0.05) is 13.1 Å². The van der Waals surface area contributed by atoms with Gasteiger partial charge >= 0.3 is 5.97 Å². The van der Waals surface area contributed by atoms with Crippen molar-refractivity contribution in [2.24, 2.45) is 0 Å². The molecule has 0 aliphatic carbocycles. The first kappa shape index (κ1) is 18.9. The maximum absolute atomic E-state index is 13.5. The number of nitrogens with zero attached hydrogens (tertiary/aromatic N) is 1. The molecule has 1 aliphatic heterocycles. The highest BCUT2D eigenvalue weighted by molar-refractivity contribution is 5.96. The Morgan fingerprint density at radius 1 is 1.24 bits per heavy atom. The lowest BCUT2D eigenvalue weighted by Crippen LogP contribution is -2.49. The number of amides is 2. The average Bonchev–Trinajstić information content (AvgIpc) is 2.57. The molecule has 1 aromatic rings. The van der Waals surface area contributed by atoms with Crippen LogP contribution in [0.25, 0.3) is 0 Å². The molecule has 7 nitrogen and oxygen atoms in total. The van der Waals surface area contributed by atoms with Gasteiger partial charge in [0.25, 0.3) is 11.8 Å². The second-order valence-corrected chi connectivity index (χ2v) is 5.88. The average molecular weight is 352 g/mol. The molecule has 2 amide bonds. The number of carbonyl (C=O) groups excluding carboxylic acids is 3. The summed E-state index contributed by atoms with van der Waals surface area (Å²) in [6.07, 6.45) is -0.160. The SMILES string of the molecule is C[C@@H]1CN(C(=O)COC(=O)CNC(=O)c2ccccc2F)C[C@@H](C)O1. The molecule has 0 aromatic heterocycles. The second-order valence-electron chi connectivity index (χ2n) is 5.88. The van der Waals surface area contributed by atoms with E-state index in [1.807, 2.05) is 13.8 Å². The number of halogens is 1. The van der Waals surface area contributed by atoms with Crippen molar-refractivity contribution >= 4 is 17.8 Å². The van der Waals surface area contributed by atoms with Gasteiger partial charge in [0.15, 0.2) is 6.61 Å². The number of nitrogens with one attached hydrogen (secondary N) is 1. The van der Waals surface area contributed by atoms with E-state index >= 15 is 0 Å². The summed E-state index contributed by atoms with van der Waals surface area (Å²) in [6.45, 7) is 3.74. The predicted molar refractivity (Wildman–Crippen MR) is 86.3 cm³/mol. The Labute approximate surface area is 145 Å². The fourth-order valence-corrected chi connectivity index (χ4v) is 2.56. The van der Waals surface area contributed by atoms with Gasteiger partial charge in [-0.15, -0.1) is 0 Å². The Balaban J connectivity index is 1.74. The summed E-state index contributed by atoms with van der Waals surface area (Å²) in [5, 5.41) is 2.26. The van der Waals surface area contributed by atoms with Crippen molar-refractivity contribution in [3.63, 3.8) is 0 Å². The maximum Gasteiger partial charge on any atom is 0.325 e. The van der Waals surface area contributed by atoms with E-state index in [-0.39, 0.29) is 23.7 Å². The van der Waals surface area contributed by atoms with E-state index in [0.717, 1.165) is 6.07 Å². The molecule has 0 radical (unpaired) electrons. The van der Waals surface area contributed by atoms with Gasteiger partial charge in [-0.25, -0.2) is 4.39 Å². The third kappa shape index (κ3) is 5.53. The molecule has 0 unspecified atom stereocenters. The van der Waals surface area contributed by atoms with Crippen LogP contribution in [0.4, 0.5) is 4.39 Å². The van der Waals surface area contributed by atoms with Crippen molar-refractivity contribution in [2.75, 3.05) is 26.2 Å². The van der Waals surface area contributed by atoms with Gasteiger partial charge in [0.05, 0.1) is 17.8 Å². The third-order valence-corrected chi connectivity index (χ3v) is 3.64. The highest BCUT2D eigenvalue weighted by atomic mass is 19.1. The molecule has 25 heavy (non-hydrogen) atoms. The summed E-state index contributed by atoms with van der Waals surface area (Å²) in [4.78, 5) is 37.1. The first-order valence-corrected chi connectivity index (χ1v) is 7.98. The fourth-order valence-electron chi connectivity index (χ4n) is 2.56. The number of ether oxygens (including phenoxy) is 2. The maximum atomic E-state index is 13.5. The van der Waals surface area contributed by atoms with Crippen LogP contribution in [0.5, 0.6) is 0 Å². The van der Waals surface area contributed by atoms with Crippen molar-refractivity contribution in [3.05, 3.63) is 35.6 Å². The standard InChI is InChI=1S/C17H21FN2O5/c1-11-8-20(9-12(2)25-11)15(21)10-24-16(22)7-19-17(23)13-5-3-4-6-14(13)18/h3-6,11-12H,7-10H2,1-2H3,(H,19,23)/t11-,12-/m1/s1. The van der Waals surface area contributed by atoms with E-state index in [4.69, 9.17) is 9.47 Å². The first-order chi connectivity index (χ1) is 11.9. The lowest BCUT2D eigenvalue weighted by molar-refractivity contribution is -0.156. The Morgan fingerprint density at radius 2 is 1.88 bits per heavy atom. The molecule has 1 fully saturated rings. The van der Waals surface area contributed by atoms with Crippen molar-refractivity contribution in [1.82, 2.24) is 10.2 Å². The molecule has 0 spiro atoms. The molecule has 2 atom stereocenters. The molecule has 0 bridgehead atoms. The van der Waals surface area contributed by atoms with Crippen molar-refractivity contribution < 1.29 is 28.2 Å². The number of rotatable bonds is 5. The smallest absolute Gasteiger partial charge is 0.325 e. The molecule has 0 saturated carbocycles. The number of carbonyl (C=O) groups is 3. The molecular weight excluding hydrogens is 331 g/mol. The van der Waals surface area contributed by atoms with E-state index in [1.165, 1.54) is 18.2 Å². The Morgan fingerprint density at radius 3 is 2.52 bits per heavy atom. The van der Waals surface area contributed by atoms with Crippen LogP contribution in [-0.2, 0) is 19.1 Å². The van der Waals surface area contributed by atoms with Crippen LogP contribution in [0.1, 0.15) is 24.2 Å². The minimum absolute atomic E-state index is 0.0801. The van der Waals surface area contributed by atoms with Gasteiger partial charge in [0.1, 0.15) is 12.4 Å². The fraction of sp³-hybridized carbons (Fsp3) is 0.471. The van der Waals surface area contributed by atoms with Gasteiger partial charge in [-0.3, -0.25) is 14.4 Å². The zero-order chi connectivity index (χ0) is 18.4. The highest BCUT2D eigenvalue weighted by Gasteiger charge is 2.26. The number of benzene rings is 1. The number of hydrogen-bond acceptors (Lipinski definition) is 5. The Hall–Kier alpha value is -2.48. The van der Waals surface area contributed by atoms with E-state index in [0.29, 0.717) is 13.1 Å². The summed E-state index contributed by atoms with van der Waals surface area (Å²) in [5.41, 5.74) is -0.164. The Kier molecular flexibility index (Phi) is 6.46. The van der Waals surface area contributed by atoms with E-state index in [1.54, 1.807) is 4.90 Å². The minimum Gasteiger partial charge on any atom is -0.454 e. The highest BCUT2D eigenvalue weighted by Crippen LogP contribution is 2.10. The molecule has 8 heteroatoms. The lowest BCUT2D eigenvalue weighted by atomic mass is 10.2. The topological polar surface area (TPSA) is 84.9 Å². The van der Waals surface area contributed by atoms with E-state index in [9.17, 15) is 18.8 Å². The van der Waals surface area contributed by atoms with Crippen LogP contribution in [0.3, 0.4) is 0 Å². The summed E-state index contributed by atoms with van der Waals surface area (Å²) < 4.78 is 23.8. The van der Waals surface area contributed by atoms with Gasteiger partial charge in [-0.2, -0.15) is 0 Å².